The van der Waals surface area contributed by atoms with Gasteiger partial charge in [0, 0.05) is 24.3 Å². The third kappa shape index (κ3) is 3.03. The van der Waals surface area contributed by atoms with Crippen molar-refractivity contribution < 1.29 is 13.5 Å². The summed E-state index contributed by atoms with van der Waals surface area (Å²) in [4.78, 5) is 2.56. The van der Waals surface area contributed by atoms with E-state index in [0.717, 1.165) is 18.7 Å². The van der Waals surface area contributed by atoms with Crippen molar-refractivity contribution in [2.45, 2.75) is 44.4 Å². The molecular weight excluding hydrogens is 262 g/mol. The maximum absolute atomic E-state index is 12.1. The van der Waals surface area contributed by atoms with E-state index in [-0.39, 0.29) is 5.75 Å². The lowest BCUT2D eigenvalue weighted by molar-refractivity contribution is -0.0498. The number of nitrogens with zero attached hydrogens (tertiary/aromatic N) is 1. The standard InChI is InChI=1S/C15H20F2N2O/c16-15(17)20-12-6-4-11(5-7-12)18-13-8-10-19-9-2-1-3-14(13)19/h4-7,13-15,18H,1-3,8-10H2. The zero-order valence-corrected chi connectivity index (χ0v) is 11.4. The van der Waals surface area contributed by atoms with Crippen molar-refractivity contribution in [2.24, 2.45) is 0 Å². The molecule has 0 aromatic heterocycles. The predicted molar refractivity (Wildman–Crippen MR) is 74.3 cm³/mol. The Morgan fingerprint density at radius 1 is 1.10 bits per heavy atom. The summed E-state index contributed by atoms with van der Waals surface area (Å²) in [7, 11) is 0. The lowest BCUT2D eigenvalue weighted by atomic mass is 9.99. The molecule has 0 radical (unpaired) electrons. The summed E-state index contributed by atoms with van der Waals surface area (Å²) in [6, 6.07) is 7.88. The van der Waals surface area contributed by atoms with Crippen LogP contribution in [0.5, 0.6) is 5.75 Å². The normalized spacial score (nSPS) is 26.6. The number of halogens is 2. The van der Waals surface area contributed by atoms with Gasteiger partial charge in [-0.3, -0.25) is 4.90 Å². The molecule has 3 nitrogen and oxygen atoms in total. The van der Waals surface area contributed by atoms with Crippen molar-refractivity contribution >= 4 is 5.69 Å². The van der Waals surface area contributed by atoms with Crippen LogP contribution in [0.4, 0.5) is 14.5 Å². The van der Waals surface area contributed by atoms with Crippen molar-refractivity contribution in [3.63, 3.8) is 0 Å². The van der Waals surface area contributed by atoms with Gasteiger partial charge in [0.05, 0.1) is 0 Å². The van der Waals surface area contributed by atoms with Crippen LogP contribution in [0.15, 0.2) is 24.3 Å². The van der Waals surface area contributed by atoms with E-state index < -0.39 is 6.61 Å². The lowest BCUT2D eigenvalue weighted by Crippen LogP contribution is -2.41. The molecule has 5 heteroatoms. The molecule has 3 rings (SSSR count). The topological polar surface area (TPSA) is 24.5 Å². The maximum Gasteiger partial charge on any atom is 0.387 e. The minimum atomic E-state index is -2.76. The van der Waals surface area contributed by atoms with Gasteiger partial charge in [-0.2, -0.15) is 8.78 Å². The minimum Gasteiger partial charge on any atom is -0.435 e. The zero-order chi connectivity index (χ0) is 13.9. The first-order valence-electron chi connectivity index (χ1n) is 7.28. The van der Waals surface area contributed by atoms with E-state index in [0.29, 0.717) is 12.1 Å². The van der Waals surface area contributed by atoms with Crippen LogP contribution in [0, 0.1) is 0 Å². The molecule has 2 heterocycles. The summed E-state index contributed by atoms with van der Waals surface area (Å²) in [6.45, 7) is -0.390. The smallest absolute Gasteiger partial charge is 0.387 e. The van der Waals surface area contributed by atoms with Crippen LogP contribution >= 0.6 is 0 Å². The van der Waals surface area contributed by atoms with E-state index in [1.165, 1.54) is 25.8 Å². The number of hydrogen-bond acceptors (Lipinski definition) is 3. The highest BCUT2D eigenvalue weighted by Gasteiger charge is 2.35. The predicted octanol–water partition coefficient (Wildman–Crippen LogP) is 3.33. The molecule has 2 fully saturated rings. The molecule has 2 saturated heterocycles. The second-order valence-electron chi connectivity index (χ2n) is 5.54. The number of alkyl halides is 2. The van der Waals surface area contributed by atoms with Crippen LogP contribution in [0.25, 0.3) is 0 Å². The van der Waals surface area contributed by atoms with Crippen LogP contribution in [0.1, 0.15) is 25.7 Å². The quantitative estimate of drug-likeness (QED) is 0.916. The Kier molecular flexibility index (Phi) is 4.05. The fraction of sp³-hybridized carbons (Fsp3) is 0.600. The van der Waals surface area contributed by atoms with Gasteiger partial charge in [-0.05, 0) is 50.1 Å². The fourth-order valence-corrected chi connectivity index (χ4v) is 3.36. The first-order valence-corrected chi connectivity index (χ1v) is 7.28. The Hall–Kier alpha value is -1.36. The molecule has 2 unspecified atom stereocenters. The Morgan fingerprint density at radius 2 is 1.90 bits per heavy atom. The van der Waals surface area contributed by atoms with Gasteiger partial charge in [0.1, 0.15) is 5.75 Å². The Morgan fingerprint density at radius 3 is 2.65 bits per heavy atom. The second kappa shape index (κ2) is 5.95. The van der Waals surface area contributed by atoms with E-state index in [1.807, 2.05) is 12.1 Å². The molecule has 2 atom stereocenters. The third-order valence-electron chi connectivity index (χ3n) is 4.29. The number of rotatable bonds is 4. The molecule has 0 saturated carbocycles. The molecule has 110 valence electrons. The summed E-state index contributed by atoms with van der Waals surface area (Å²) >= 11 is 0. The first kappa shape index (κ1) is 13.6. The monoisotopic (exact) mass is 282 g/mol. The molecule has 0 bridgehead atoms. The number of piperidine rings is 1. The molecule has 2 aliphatic heterocycles. The number of hydrogen-bond donors (Lipinski definition) is 1. The van der Waals surface area contributed by atoms with Crippen LogP contribution in [-0.4, -0.2) is 36.7 Å². The van der Waals surface area contributed by atoms with E-state index in [4.69, 9.17) is 0 Å². The molecule has 2 aliphatic rings. The Labute approximate surface area is 117 Å². The fourth-order valence-electron chi connectivity index (χ4n) is 3.36. The lowest BCUT2D eigenvalue weighted by Gasteiger charge is -2.33. The van der Waals surface area contributed by atoms with Crippen molar-refractivity contribution in [1.82, 2.24) is 4.90 Å². The van der Waals surface area contributed by atoms with Crippen LogP contribution < -0.4 is 10.1 Å². The first-order chi connectivity index (χ1) is 9.72. The van der Waals surface area contributed by atoms with Gasteiger partial charge in [-0.25, -0.2) is 0 Å². The largest absolute Gasteiger partial charge is 0.435 e. The van der Waals surface area contributed by atoms with Gasteiger partial charge in [0.15, 0.2) is 0 Å². The van der Waals surface area contributed by atoms with Gasteiger partial charge in [0.2, 0.25) is 0 Å². The van der Waals surface area contributed by atoms with Crippen molar-refractivity contribution in [3.8, 4) is 5.75 Å². The van der Waals surface area contributed by atoms with Crippen LogP contribution in [0.2, 0.25) is 0 Å². The highest BCUT2D eigenvalue weighted by atomic mass is 19.3. The molecule has 1 aromatic carbocycles. The van der Waals surface area contributed by atoms with E-state index in [9.17, 15) is 8.78 Å². The van der Waals surface area contributed by atoms with Crippen molar-refractivity contribution in [1.29, 1.82) is 0 Å². The number of benzene rings is 1. The van der Waals surface area contributed by atoms with Crippen LogP contribution in [0.3, 0.4) is 0 Å². The second-order valence-corrected chi connectivity index (χ2v) is 5.54. The molecular formula is C15H20F2N2O. The minimum absolute atomic E-state index is 0.205. The average Bonchev–Trinajstić information content (AvgIpc) is 2.84. The number of anilines is 1. The van der Waals surface area contributed by atoms with Gasteiger partial charge >= 0.3 is 6.61 Å². The van der Waals surface area contributed by atoms with Gasteiger partial charge in [-0.15, -0.1) is 0 Å². The van der Waals surface area contributed by atoms with E-state index in [2.05, 4.69) is 15.0 Å². The molecule has 1 N–H and O–H groups in total. The highest BCUT2D eigenvalue weighted by Crippen LogP contribution is 2.29. The van der Waals surface area contributed by atoms with E-state index >= 15 is 0 Å². The van der Waals surface area contributed by atoms with Gasteiger partial charge in [0.25, 0.3) is 0 Å². The summed E-state index contributed by atoms with van der Waals surface area (Å²) < 4.78 is 28.5. The molecule has 0 amide bonds. The van der Waals surface area contributed by atoms with Gasteiger partial charge < -0.3 is 10.1 Å². The summed E-state index contributed by atoms with van der Waals surface area (Å²) in [5.41, 5.74) is 0.976. The number of ether oxygens (including phenoxy) is 1. The average molecular weight is 282 g/mol. The summed E-state index contributed by atoms with van der Waals surface area (Å²) in [5, 5.41) is 3.54. The van der Waals surface area contributed by atoms with Gasteiger partial charge in [-0.1, -0.05) is 6.42 Å². The third-order valence-corrected chi connectivity index (χ3v) is 4.29. The van der Waals surface area contributed by atoms with Crippen molar-refractivity contribution in [3.05, 3.63) is 24.3 Å². The maximum atomic E-state index is 12.1. The molecule has 0 aliphatic carbocycles. The Balaban J connectivity index is 1.60. The highest BCUT2D eigenvalue weighted by molar-refractivity contribution is 5.47. The summed E-state index contributed by atoms with van der Waals surface area (Å²) in [5.74, 6) is 0.205. The molecule has 0 spiro atoms. The molecule has 1 aromatic rings. The number of fused-ring (bicyclic) bond motifs is 1. The summed E-state index contributed by atoms with van der Waals surface area (Å²) in [6.07, 6.45) is 5.02. The van der Waals surface area contributed by atoms with E-state index in [1.54, 1.807) is 12.1 Å². The SMILES string of the molecule is FC(F)Oc1ccc(NC2CCN3CCCCC23)cc1. The number of nitrogens with one attached hydrogen (secondary N) is 1. The van der Waals surface area contributed by atoms with Crippen molar-refractivity contribution in [2.75, 3.05) is 18.4 Å². The Bertz CT molecular complexity index is 438. The zero-order valence-electron chi connectivity index (χ0n) is 11.4. The molecule has 20 heavy (non-hydrogen) atoms. The van der Waals surface area contributed by atoms with Crippen LogP contribution in [-0.2, 0) is 0 Å².